The zero-order valence-electron chi connectivity index (χ0n) is 14.7. The van der Waals surface area contributed by atoms with Crippen LogP contribution >= 0.6 is 47.8 Å². The Hall–Kier alpha value is -0.700. The van der Waals surface area contributed by atoms with E-state index in [1.807, 2.05) is 25.2 Å². The van der Waals surface area contributed by atoms with Gasteiger partial charge < -0.3 is 4.72 Å². The molecule has 0 fully saturated rings. The number of terminal acetylenes is 1. The molecule has 2 nitrogen and oxygen atoms in total. The second-order valence-corrected chi connectivity index (χ2v) is 6.72. The largest absolute Gasteiger partial charge is 0.326 e. The van der Waals surface area contributed by atoms with Crippen LogP contribution in [0.25, 0.3) is 0 Å². The molecule has 0 unspecified atom stereocenters. The minimum absolute atomic E-state index is 0.393. The summed E-state index contributed by atoms with van der Waals surface area (Å²) in [5.41, 5.74) is 3.58. The van der Waals surface area contributed by atoms with E-state index in [-0.39, 0.29) is 0 Å². The van der Waals surface area contributed by atoms with Crippen LogP contribution in [0.1, 0.15) is 13.8 Å². The first-order valence-corrected chi connectivity index (χ1v) is 10.3. The summed E-state index contributed by atoms with van der Waals surface area (Å²) < 4.78 is 3.34. The van der Waals surface area contributed by atoms with Crippen molar-refractivity contribution in [1.29, 1.82) is 0 Å². The zero-order valence-corrected chi connectivity index (χ0v) is 17.9. The van der Waals surface area contributed by atoms with Crippen molar-refractivity contribution in [3.63, 3.8) is 0 Å². The summed E-state index contributed by atoms with van der Waals surface area (Å²) in [6, 6.07) is 0. The van der Waals surface area contributed by atoms with Crippen molar-refractivity contribution in [2.24, 2.45) is 0 Å². The van der Waals surface area contributed by atoms with Crippen LogP contribution in [0.2, 0.25) is 0 Å². The lowest BCUT2D eigenvalue weighted by molar-refractivity contribution is 0.334. The van der Waals surface area contributed by atoms with E-state index in [4.69, 9.17) is 29.6 Å². The highest BCUT2D eigenvalue weighted by Crippen LogP contribution is 2.19. The fourth-order valence-corrected chi connectivity index (χ4v) is 3.17. The van der Waals surface area contributed by atoms with Crippen LogP contribution in [0.4, 0.5) is 0 Å². The van der Waals surface area contributed by atoms with Gasteiger partial charge in [-0.1, -0.05) is 42.7 Å². The topological polar surface area (TPSA) is 15.3 Å². The van der Waals surface area contributed by atoms with Crippen LogP contribution in [0.3, 0.4) is 0 Å². The maximum absolute atomic E-state index is 5.99. The second-order valence-electron chi connectivity index (χ2n) is 4.82. The number of nitrogens with zero attached hydrogens (tertiary/aromatic N) is 1. The van der Waals surface area contributed by atoms with Crippen molar-refractivity contribution in [3.05, 3.63) is 58.2 Å². The molecule has 0 rings (SSSR count). The number of rotatable bonds is 12. The molecule has 0 heterocycles. The van der Waals surface area contributed by atoms with Gasteiger partial charge in [0, 0.05) is 35.0 Å². The summed E-state index contributed by atoms with van der Waals surface area (Å²) in [6.07, 6.45) is 16.5. The van der Waals surface area contributed by atoms with E-state index in [1.54, 1.807) is 12.2 Å². The normalized spacial score (nSPS) is 13.9. The van der Waals surface area contributed by atoms with Gasteiger partial charge in [0.25, 0.3) is 0 Å². The zero-order chi connectivity index (χ0) is 18.9. The van der Waals surface area contributed by atoms with Crippen molar-refractivity contribution in [3.8, 4) is 12.3 Å². The third-order valence-corrected chi connectivity index (χ3v) is 4.74. The Morgan fingerprint density at radius 3 is 2.68 bits per heavy atom. The Labute approximate surface area is 172 Å². The molecule has 0 radical (unpaired) electrons. The average Bonchev–Trinajstić information content (AvgIpc) is 2.62. The van der Waals surface area contributed by atoms with Crippen LogP contribution in [0.15, 0.2) is 58.2 Å². The quantitative estimate of drug-likeness (QED) is 0.146. The summed E-state index contributed by atoms with van der Waals surface area (Å²) in [6.45, 7) is 6.83. The van der Waals surface area contributed by atoms with E-state index in [9.17, 15) is 0 Å². The number of likely N-dealkylation sites (N-methyl/N-ethyl adjacent to an activating group) is 1. The van der Waals surface area contributed by atoms with Gasteiger partial charge in [-0.3, -0.25) is 4.90 Å². The van der Waals surface area contributed by atoms with Crippen LogP contribution in [-0.4, -0.2) is 36.2 Å². The summed E-state index contributed by atoms with van der Waals surface area (Å²) in [4.78, 5) is 3.28. The van der Waals surface area contributed by atoms with Crippen molar-refractivity contribution < 1.29 is 0 Å². The molecule has 0 aliphatic heterocycles. The third-order valence-electron chi connectivity index (χ3n) is 3.10. The van der Waals surface area contributed by atoms with Gasteiger partial charge in [-0.15, -0.1) is 18.0 Å². The fourth-order valence-electron chi connectivity index (χ4n) is 1.87. The molecule has 0 aromatic carbocycles. The SMILES string of the molecule is C#C/C=C\C=C(/CCl)SNC(/C=C/Cl)=C(/C=C\C)CN(CC)CCS. The van der Waals surface area contributed by atoms with E-state index in [0.717, 1.165) is 41.6 Å². The van der Waals surface area contributed by atoms with Crippen LogP contribution in [-0.2, 0) is 0 Å². The first kappa shape index (κ1) is 24.3. The predicted octanol–water partition coefficient (Wildman–Crippen LogP) is 5.37. The molecule has 0 saturated heterocycles. The molecule has 0 saturated carbocycles. The molecule has 0 aromatic rings. The van der Waals surface area contributed by atoms with Gasteiger partial charge in [0.05, 0.1) is 5.88 Å². The average molecular weight is 417 g/mol. The molecule has 0 atom stereocenters. The minimum atomic E-state index is 0.393. The highest BCUT2D eigenvalue weighted by Gasteiger charge is 2.08. The van der Waals surface area contributed by atoms with E-state index in [2.05, 4.69) is 41.2 Å². The number of alkyl halides is 1. The molecular formula is C19H26Cl2N2S2. The second kappa shape index (κ2) is 16.8. The molecule has 0 amide bonds. The van der Waals surface area contributed by atoms with Crippen LogP contribution in [0, 0.1) is 12.3 Å². The molecule has 0 bridgehead atoms. The summed E-state index contributed by atoms with van der Waals surface area (Å²) >= 11 is 17.6. The number of nitrogens with one attached hydrogen (secondary N) is 1. The molecule has 138 valence electrons. The van der Waals surface area contributed by atoms with Crippen molar-refractivity contribution in [2.75, 3.05) is 31.3 Å². The van der Waals surface area contributed by atoms with E-state index < -0.39 is 0 Å². The standard InChI is InChI=1S/C19H26Cl2N2S2/c1-4-7-8-10-18(15-21)25-22-19(11-12-20)17(9-5-2)16-23(6-3)13-14-24/h1,5,7-12,22,24H,6,13-16H2,2-3H3/b8-7-,9-5-,12-11+,18-10+,19-17-. The molecule has 0 spiro atoms. The van der Waals surface area contributed by atoms with Gasteiger partial charge in [0.15, 0.2) is 0 Å². The Morgan fingerprint density at radius 1 is 1.40 bits per heavy atom. The monoisotopic (exact) mass is 416 g/mol. The van der Waals surface area contributed by atoms with Gasteiger partial charge in [-0.2, -0.15) is 12.6 Å². The first-order chi connectivity index (χ1) is 12.2. The van der Waals surface area contributed by atoms with Crippen molar-refractivity contribution in [2.45, 2.75) is 13.8 Å². The van der Waals surface area contributed by atoms with Crippen molar-refractivity contribution in [1.82, 2.24) is 9.62 Å². The number of hydrogen-bond donors (Lipinski definition) is 2. The lowest BCUT2D eigenvalue weighted by atomic mass is 10.1. The molecular weight excluding hydrogens is 391 g/mol. The van der Waals surface area contributed by atoms with Gasteiger partial charge in [-0.25, -0.2) is 0 Å². The first-order valence-electron chi connectivity index (χ1n) is 7.93. The number of thiol groups is 1. The Kier molecular flexibility index (Phi) is 16.3. The Bertz CT molecular complexity index is 558. The number of allylic oxidation sites excluding steroid dienone is 6. The summed E-state index contributed by atoms with van der Waals surface area (Å²) in [5.74, 6) is 3.66. The number of halogens is 2. The summed E-state index contributed by atoms with van der Waals surface area (Å²) in [7, 11) is 0. The fraction of sp³-hybridized carbons (Fsp3) is 0.368. The van der Waals surface area contributed by atoms with Gasteiger partial charge >= 0.3 is 0 Å². The Balaban J connectivity index is 5.38. The van der Waals surface area contributed by atoms with Crippen LogP contribution in [0.5, 0.6) is 0 Å². The Morgan fingerprint density at radius 2 is 2.16 bits per heavy atom. The molecule has 1 N–H and O–H groups in total. The lowest BCUT2D eigenvalue weighted by Gasteiger charge is -2.22. The van der Waals surface area contributed by atoms with Crippen molar-refractivity contribution >= 4 is 47.8 Å². The number of hydrogen-bond acceptors (Lipinski definition) is 4. The van der Waals surface area contributed by atoms with E-state index >= 15 is 0 Å². The smallest absolute Gasteiger partial charge is 0.0551 e. The third kappa shape index (κ3) is 11.5. The van der Waals surface area contributed by atoms with E-state index in [1.165, 1.54) is 17.5 Å². The van der Waals surface area contributed by atoms with Gasteiger partial charge in [-0.05, 0) is 49.2 Å². The molecule has 0 aromatic heterocycles. The van der Waals surface area contributed by atoms with Gasteiger partial charge in [0.2, 0.25) is 0 Å². The molecule has 0 aliphatic carbocycles. The molecule has 25 heavy (non-hydrogen) atoms. The molecule has 0 aliphatic rings. The summed E-state index contributed by atoms with van der Waals surface area (Å²) in [5, 5.41) is 0. The molecule has 6 heteroatoms. The maximum atomic E-state index is 5.99. The van der Waals surface area contributed by atoms with Crippen LogP contribution < -0.4 is 4.72 Å². The lowest BCUT2D eigenvalue weighted by Crippen LogP contribution is -2.28. The maximum Gasteiger partial charge on any atom is 0.0551 e. The van der Waals surface area contributed by atoms with E-state index in [0.29, 0.717) is 5.88 Å². The predicted molar refractivity (Wildman–Crippen MR) is 120 cm³/mol. The minimum Gasteiger partial charge on any atom is -0.326 e. The van der Waals surface area contributed by atoms with Gasteiger partial charge in [0.1, 0.15) is 0 Å². The highest BCUT2D eigenvalue weighted by molar-refractivity contribution is 8.01. The highest BCUT2D eigenvalue weighted by atomic mass is 35.5.